The topological polar surface area (TPSA) is 3.24 Å². The van der Waals surface area contributed by atoms with E-state index < -0.39 is 0 Å². The monoisotopic (exact) mass is 403 g/mol. The van der Waals surface area contributed by atoms with Crippen LogP contribution in [0.2, 0.25) is 0 Å². The lowest BCUT2D eigenvalue weighted by molar-refractivity contribution is 0.262. The highest BCUT2D eigenvalue weighted by molar-refractivity contribution is 5.94. The van der Waals surface area contributed by atoms with E-state index in [1.54, 1.807) is 5.57 Å². The molecule has 0 bridgehead atoms. The molecule has 3 aromatic rings. The molecule has 0 spiro atoms. The van der Waals surface area contributed by atoms with Crippen LogP contribution in [0.15, 0.2) is 90.5 Å². The molecule has 1 aliphatic heterocycles. The molecule has 0 saturated carbocycles. The van der Waals surface area contributed by atoms with Crippen molar-refractivity contribution in [3.63, 3.8) is 0 Å². The standard InChI is InChI=1S/C30H29N/c1-2-10-24(11-3-1)12-8-9-21-31-22-19-27(20-23-31)30-28-15-6-4-13-25(28)17-18-26-14-5-7-16-29(26)30/h1-8,10-18H,9,19-23H2/b12-8+. The Bertz CT molecular complexity index is 1070. The number of fused-ring (bicyclic) bond motifs is 2. The first-order valence-corrected chi connectivity index (χ1v) is 11.4. The van der Waals surface area contributed by atoms with Crippen molar-refractivity contribution in [2.24, 2.45) is 0 Å². The summed E-state index contributed by atoms with van der Waals surface area (Å²) in [4.78, 5) is 2.62. The van der Waals surface area contributed by atoms with E-state index in [2.05, 4.69) is 108 Å². The van der Waals surface area contributed by atoms with Gasteiger partial charge in [0, 0.05) is 19.6 Å². The first kappa shape index (κ1) is 19.8. The van der Waals surface area contributed by atoms with Crippen molar-refractivity contribution in [2.45, 2.75) is 19.3 Å². The van der Waals surface area contributed by atoms with Crippen molar-refractivity contribution < 1.29 is 0 Å². The Kier molecular flexibility index (Phi) is 5.95. The second-order valence-corrected chi connectivity index (χ2v) is 8.43. The number of hydrogen-bond donors (Lipinski definition) is 0. The predicted octanol–water partition coefficient (Wildman–Crippen LogP) is 7.17. The smallest absolute Gasteiger partial charge is 0.00192 e. The highest BCUT2D eigenvalue weighted by Crippen LogP contribution is 2.38. The van der Waals surface area contributed by atoms with Crippen LogP contribution >= 0.6 is 0 Å². The minimum Gasteiger partial charge on any atom is -0.302 e. The summed E-state index contributed by atoms with van der Waals surface area (Å²) in [6.07, 6.45) is 12.5. The predicted molar refractivity (Wildman–Crippen MR) is 134 cm³/mol. The molecule has 3 aromatic carbocycles. The van der Waals surface area contributed by atoms with Gasteiger partial charge in [0.25, 0.3) is 0 Å². The zero-order valence-electron chi connectivity index (χ0n) is 18.0. The second kappa shape index (κ2) is 9.32. The van der Waals surface area contributed by atoms with E-state index in [0.717, 1.165) is 38.9 Å². The van der Waals surface area contributed by atoms with Crippen LogP contribution in [-0.2, 0) is 0 Å². The molecule has 1 saturated heterocycles. The van der Waals surface area contributed by atoms with Crippen LogP contribution in [0.5, 0.6) is 0 Å². The third-order valence-corrected chi connectivity index (χ3v) is 6.44. The van der Waals surface area contributed by atoms with Crippen LogP contribution in [0.3, 0.4) is 0 Å². The van der Waals surface area contributed by atoms with E-state index in [-0.39, 0.29) is 0 Å². The number of likely N-dealkylation sites (tertiary alicyclic amines) is 1. The van der Waals surface area contributed by atoms with Crippen LogP contribution in [-0.4, -0.2) is 24.5 Å². The van der Waals surface area contributed by atoms with Crippen LogP contribution < -0.4 is 0 Å². The van der Waals surface area contributed by atoms with Crippen molar-refractivity contribution in [1.82, 2.24) is 4.90 Å². The first-order valence-electron chi connectivity index (χ1n) is 11.4. The number of piperidine rings is 1. The third-order valence-electron chi connectivity index (χ3n) is 6.44. The molecule has 0 amide bonds. The SMILES string of the molecule is C1=Cc2ccccc2C(=C2CCN(CC/C=C/c3ccccc3)CC2)c2ccccc21. The van der Waals surface area contributed by atoms with Gasteiger partial charge in [0.05, 0.1) is 0 Å². The fraction of sp³-hybridized carbons (Fsp3) is 0.200. The normalized spacial score (nSPS) is 16.3. The summed E-state index contributed by atoms with van der Waals surface area (Å²) in [6.45, 7) is 3.44. The molecule has 0 unspecified atom stereocenters. The maximum absolute atomic E-state index is 2.62. The minimum atomic E-state index is 1.11. The Labute approximate surface area is 186 Å². The summed E-state index contributed by atoms with van der Waals surface area (Å²) in [5.74, 6) is 0. The number of rotatable bonds is 4. The summed E-state index contributed by atoms with van der Waals surface area (Å²) in [7, 11) is 0. The molecular formula is C30H29N. The molecule has 0 radical (unpaired) electrons. The lowest BCUT2D eigenvalue weighted by Gasteiger charge is -2.30. The van der Waals surface area contributed by atoms with Crippen molar-refractivity contribution in [2.75, 3.05) is 19.6 Å². The molecule has 0 aromatic heterocycles. The van der Waals surface area contributed by atoms with Crippen molar-refractivity contribution in [1.29, 1.82) is 0 Å². The van der Waals surface area contributed by atoms with E-state index >= 15 is 0 Å². The largest absolute Gasteiger partial charge is 0.302 e. The fourth-order valence-electron chi connectivity index (χ4n) is 4.78. The fourth-order valence-corrected chi connectivity index (χ4v) is 4.78. The average Bonchev–Trinajstić information content (AvgIpc) is 3.00. The summed E-state index contributed by atoms with van der Waals surface area (Å²) < 4.78 is 0. The Morgan fingerprint density at radius 1 is 0.677 bits per heavy atom. The Balaban J connectivity index is 1.32. The summed E-state index contributed by atoms with van der Waals surface area (Å²) in [5, 5.41) is 0. The van der Waals surface area contributed by atoms with E-state index in [1.807, 2.05) is 0 Å². The van der Waals surface area contributed by atoms with Gasteiger partial charge >= 0.3 is 0 Å². The molecule has 1 aliphatic carbocycles. The lowest BCUT2D eigenvalue weighted by atomic mass is 9.86. The van der Waals surface area contributed by atoms with Gasteiger partial charge in [0.1, 0.15) is 0 Å². The maximum atomic E-state index is 2.62. The molecule has 31 heavy (non-hydrogen) atoms. The summed E-state index contributed by atoms with van der Waals surface area (Å²) in [5.41, 5.74) is 9.80. The van der Waals surface area contributed by atoms with Gasteiger partial charge in [-0.2, -0.15) is 0 Å². The van der Waals surface area contributed by atoms with Crippen molar-refractivity contribution in [3.8, 4) is 0 Å². The molecule has 1 heteroatoms. The molecular weight excluding hydrogens is 374 g/mol. The minimum absolute atomic E-state index is 1.11. The molecule has 154 valence electrons. The summed E-state index contributed by atoms with van der Waals surface area (Å²) >= 11 is 0. The van der Waals surface area contributed by atoms with Gasteiger partial charge in [-0.3, -0.25) is 0 Å². The van der Waals surface area contributed by atoms with E-state index in [9.17, 15) is 0 Å². The van der Waals surface area contributed by atoms with Crippen LogP contribution in [0, 0.1) is 0 Å². The Morgan fingerprint density at radius 2 is 1.26 bits per heavy atom. The van der Waals surface area contributed by atoms with Gasteiger partial charge in [-0.05, 0) is 52.7 Å². The first-order chi connectivity index (χ1) is 15.4. The number of nitrogens with zero attached hydrogens (tertiary/aromatic N) is 1. The van der Waals surface area contributed by atoms with Gasteiger partial charge < -0.3 is 4.90 Å². The van der Waals surface area contributed by atoms with Gasteiger partial charge in [-0.15, -0.1) is 0 Å². The molecule has 5 rings (SSSR count). The number of hydrogen-bond acceptors (Lipinski definition) is 1. The van der Waals surface area contributed by atoms with Crippen LogP contribution in [0.1, 0.15) is 47.1 Å². The molecule has 1 nitrogen and oxygen atoms in total. The highest BCUT2D eigenvalue weighted by atomic mass is 15.1. The molecule has 2 aliphatic rings. The summed E-state index contributed by atoms with van der Waals surface area (Å²) in [6, 6.07) is 28.3. The maximum Gasteiger partial charge on any atom is 0.00192 e. The number of benzene rings is 3. The Hall–Kier alpha value is -3.16. The van der Waals surface area contributed by atoms with Gasteiger partial charge in [0.2, 0.25) is 0 Å². The van der Waals surface area contributed by atoms with Gasteiger partial charge in [0.15, 0.2) is 0 Å². The van der Waals surface area contributed by atoms with Crippen molar-refractivity contribution >= 4 is 23.8 Å². The zero-order valence-corrected chi connectivity index (χ0v) is 18.0. The van der Waals surface area contributed by atoms with Gasteiger partial charge in [-0.1, -0.05) is 109 Å². The Morgan fingerprint density at radius 3 is 1.90 bits per heavy atom. The molecule has 1 heterocycles. The van der Waals surface area contributed by atoms with Crippen molar-refractivity contribution in [3.05, 3.63) is 118 Å². The molecule has 0 N–H and O–H groups in total. The lowest BCUT2D eigenvalue weighted by Crippen LogP contribution is -2.31. The highest BCUT2D eigenvalue weighted by Gasteiger charge is 2.22. The second-order valence-electron chi connectivity index (χ2n) is 8.43. The van der Waals surface area contributed by atoms with Crippen LogP contribution in [0.4, 0.5) is 0 Å². The van der Waals surface area contributed by atoms with E-state index in [0.29, 0.717) is 0 Å². The zero-order chi connectivity index (χ0) is 20.9. The van der Waals surface area contributed by atoms with E-state index in [1.165, 1.54) is 33.4 Å². The van der Waals surface area contributed by atoms with Gasteiger partial charge in [-0.25, -0.2) is 0 Å². The average molecular weight is 404 g/mol. The molecule has 1 fully saturated rings. The quantitative estimate of drug-likeness (QED) is 0.349. The third kappa shape index (κ3) is 4.47. The molecule has 0 atom stereocenters. The van der Waals surface area contributed by atoms with E-state index in [4.69, 9.17) is 0 Å². The van der Waals surface area contributed by atoms with Crippen LogP contribution in [0.25, 0.3) is 23.8 Å².